The molecule has 0 amide bonds. The van der Waals surface area contributed by atoms with Gasteiger partial charge in [-0.3, -0.25) is 0 Å². The van der Waals surface area contributed by atoms with Gasteiger partial charge in [-0.2, -0.15) is 0 Å². The van der Waals surface area contributed by atoms with Crippen LogP contribution in [0.1, 0.15) is 42.9 Å². The van der Waals surface area contributed by atoms with Gasteiger partial charge < -0.3 is 15.2 Å². The lowest BCUT2D eigenvalue weighted by molar-refractivity contribution is 0.00932. The summed E-state index contributed by atoms with van der Waals surface area (Å²) in [6.07, 6.45) is 5.93. The molecule has 0 aliphatic heterocycles. The third-order valence-electron chi connectivity index (χ3n) is 3.86. The second-order valence-corrected chi connectivity index (χ2v) is 5.40. The maximum Gasteiger partial charge on any atom is 0.189 e. The maximum atomic E-state index is 6.13. The Morgan fingerprint density at radius 1 is 1.22 bits per heavy atom. The van der Waals surface area contributed by atoms with Gasteiger partial charge in [0.05, 0.1) is 6.61 Å². The summed E-state index contributed by atoms with van der Waals surface area (Å²) in [6.45, 7) is 1.21. The Hall–Kier alpha value is -1.06. The molecule has 1 atom stereocenters. The van der Waals surface area contributed by atoms with E-state index in [1.807, 2.05) is 12.1 Å². The maximum absolute atomic E-state index is 6.13. The number of rotatable bonds is 5. The highest BCUT2D eigenvalue weighted by Crippen LogP contribution is 2.34. The minimum atomic E-state index is 0.171. The summed E-state index contributed by atoms with van der Waals surface area (Å²) in [5, 5.41) is 0. The van der Waals surface area contributed by atoms with Crippen molar-refractivity contribution < 1.29 is 9.47 Å². The average Bonchev–Trinajstić information content (AvgIpc) is 3.20. The number of nitrogens with two attached hydrogens (primary N) is 1. The molecule has 98 valence electrons. The van der Waals surface area contributed by atoms with E-state index in [4.69, 9.17) is 15.2 Å². The molecule has 1 aromatic carbocycles. The van der Waals surface area contributed by atoms with Gasteiger partial charge in [-0.15, -0.1) is 0 Å². The zero-order valence-electron chi connectivity index (χ0n) is 10.7. The van der Waals surface area contributed by atoms with E-state index >= 15 is 0 Å². The highest BCUT2D eigenvalue weighted by atomic mass is 16.7. The molecule has 3 nitrogen and oxygen atoms in total. The molecule has 1 saturated carbocycles. The summed E-state index contributed by atoms with van der Waals surface area (Å²) >= 11 is 0. The number of hydrogen-bond donors (Lipinski definition) is 1. The van der Waals surface area contributed by atoms with E-state index in [-0.39, 0.29) is 6.04 Å². The van der Waals surface area contributed by atoms with Crippen LogP contribution in [0, 0.1) is 5.92 Å². The van der Waals surface area contributed by atoms with Gasteiger partial charge in [0, 0.05) is 6.04 Å². The van der Waals surface area contributed by atoms with Gasteiger partial charge >= 0.3 is 0 Å². The van der Waals surface area contributed by atoms with Gasteiger partial charge in [0.2, 0.25) is 0 Å². The fourth-order valence-electron chi connectivity index (χ4n) is 2.59. The highest BCUT2D eigenvalue weighted by Gasteiger charge is 2.22. The minimum absolute atomic E-state index is 0.171. The predicted octanol–water partition coefficient (Wildman–Crippen LogP) is 2.79. The van der Waals surface area contributed by atoms with E-state index in [2.05, 4.69) is 6.07 Å². The van der Waals surface area contributed by atoms with Gasteiger partial charge in [-0.1, -0.05) is 12.1 Å². The first-order valence-corrected chi connectivity index (χ1v) is 6.92. The molecule has 1 fully saturated rings. The van der Waals surface area contributed by atoms with Crippen LogP contribution in [0.3, 0.4) is 0 Å². The first-order chi connectivity index (χ1) is 8.84. The van der Waals surface area contributed by atoms with Crippen LogP contribution in [-0.2, 0) is 11.2 Å². The van der Waals surface area contributed by atoms with Crippen LogP contribution >= 0.6 is 0 Å². The molecule has 3 rings (SSSR count). The second kappa shape index (κ2) is 5.29. The molecule has 1 aromatic rings. The summed E-state index contributed by atoms with van der Waals surface area (Å²) in [5.41, 5.74) is 8.67. The fourth-order valence-corrected chi connectivity index (χ4v) is 2.59. The molecule has 18 heavy (non-hydrogen) atoms. The number of benzene rings is 1. The first-order valence-electron chi connectivity index (χ1n) is 6.92. The Morgan fingerprint density at radius 2 is 2.11 bits per heavy atom. The Labute approximate surface area is 108 Å². The van der Waals surface area contributed by atoms with Crippen LogP contribution in [0.4, 0.5) is 0 Å². The summed E-state index contributed by atoms with van der Waals surface area (Å²) in [6, 6.07) is 6.35. The zero-order chi connectivity index (χ0) is 12.4. The molecule has 2 N–H and O–H groups in total. The van der Waals surface area contributed by atoms with Crippen molar-refractivity contribution in [3.05, 3.63) is 29.3 Å². The van der Waals surface area contributed by atoms with E-state index in [0.29, 0.717) is 6.79 Å². The van der Waals surface area contributed by atoms with Crippen molar-refractivity contribution in [1.29, 1.82) is 0 Å². The lowest BCUT2D eigenvalue weighted by atomic mass is 9.88. The van der Waals surface area contributed by atoms with Crippen LogP contribution < -0.4 is 10.5 Å². The van der Waals surface area contributed by atoms with E-state index in [1.165, 1.54) is 24.0 Å². The molecule has 1 unspecified atom stereocenters. The number of hydrogen-bond acceptors (Lipinski definition) is 3. The van der Waals surface area contributed by atoms with Gasteiger partial charge in [0.25, 0.3) is 0 Å². The highest BCUT2D eigenvalue weighted by molar-refractivity contribution is 5.43. The van der Waals surface area contributed by atoms with Crippen LogP contribution in [0.2, 0.25) is 0 Å². The van der Waals surface area contributed by atoms with Crippen molar-refractivity contribution in [2.45, 2.75) is 38.1 Å². The van der Waals surface area contributed by atoms with Crippen molar-refractivity contribution in [3.63, 3.8) is 0 Å². The molecular weight excluding hydrogens is 226 g/mol. The van der Waals surface area contributed by atoms with Crippen LogP contribution in [-0.4, -0.2) is 13.4 Å². The lowest BCUT2D eigenvalue weighted by Gasteiger charge is -2.24. The summed E-state index contributed by atoms with van der Waals surface area (Å²) < 4.78 is 11.3. The third kappa shape index (κ3) is 2.68. The van der Waals surface area contributed by atoms with Crippen LogP contribution in [0.25, 0.3) is 0 Å². The minimum Gasteiger partial charge on any atom is -0.467 e. The number of ether oxygens (including phenoxy) is 2. The summed E-state index contributed by atoms with van der Waals surface area (Å²) in [5.74, 6) is 1.74. The smallest absolute Gasteiger partial charge is 0.189 e. The largest absolute Gasteiger partial charge is 0.467 e. The van der Waals surface area contributed by atoms with Crippen molar-refractivity contribution >= 4 is 0 Å². The Balaban J connectivity index is 1.62. The van der Waals surface area contributed by atoms with Gasteiger partial charge in [-0.25, -0.2) is 0 Å². The fraction of sp³-hybridized carbons (Fsp3) is 0.600. The monoisotopic (exact) mass is 247 g/mol. The van der Waals surface area contributed by atoms with Crippen molar-refractivity contribution in [2.75, 3.05) is 13.4 Å². The van der Waals surface area contributed by atoms with E-state index in [0.717, 1.165) is 37.5 Å². The average molecular weight is 247 g/mol. The molecular formula is C15H21NO2. The standard InChI is InChI=1S/C15H21NO2/c16-14-5-1-4-13-12(14)3-2-6-15(13)18-10-17-9-11-7-8-11/h2-3,6,11,14H,1,4-5,7-10,16H2. The molecule has 0 saturated heterocycles. The van der Waals surface area contributed by atoms with E-state index < -0.39 is 0 Å². The zero-order valence-corrected chi connectivity index (χ0v) is 10.7. The van der Waals surface area contributed by atoms with Crippen LogP contribution in [0.5, 0.6) is 5.75 Å². The Bertz CT molecular complexity index is 415. The Morgan fingerprint density at radius 3 is 2.94 bits per heavy atom. The predicted molar refractivity (Wildman–Crippen MR) is 70.5 cm³/mol. The topological polar surface area (TPSA) is 44.5 Å². The van der Waals surface area contributed by atoms with Crippen molar-refractivity contribution in [1.82, 2.24) is 0 Å². The lowest BCUT2D eigenvalue weighted by Crippen LogP contribution is -2.18. The van der Waals surface area contributed by atoms with Gasteiger partial charge in [0.1, 0.15) is 5.75 Å². The van der Waals surface area contributed by atoms with Crippen molar-refractivity contribution in [3.8, 4) is 5.75 Å². The molecule has 0 spiro atoms. The van der Waals surface area contributed by atoms with E-state index in [1.54, 1.807) is 0 Å². The second-order valence-electron chi connectivity index (χ2n) is 5.40. The molecule has 0 bridgehead atoms. The summed E-state index contributed by atoms with van der Waals surface area (Å²) in [7, 11) is 0. The molecule has 0 radical (unpaired) electrons. The molecule has 0 heterocycles. The molecule has 0 aromatic heterocycles. The molecule has 2 aliphatic carbocycles. The van der Waals surface area contributed by atoms with E-state index in [9.17, 15) is 0 Å². The summed E-state index contributed by atoms with van der Waals surface area (Å²) in [4.78, 5) is 0. The Kier molecular flexibility index (Phi) is 3.52. The third-order valence-corrected chi connectivity index (χ3v) is 3.86. The number of fused-ring (bicyclic) bond motifs is 1. The molecule has 2 aliphatic rings. The SMILES string of the molecule is NC1CCCc2c(OCOCC3CC3)cccc21. The van der Waals surface area contributed by atoms with Crippen molar-refractivity contribution in [2.24, 2.45) is 11.7 Å². The first kappa shape index (κ1) is 12.0. The quantitative estimate of drug-likeness (QED) is 0.642. The van der Waals surface area contributed by atoms with Gasteiger partial charge in [0.15, 0.2) is 6.79 Å². The normalized spacial score (nSPS) is 22.6. The van der Waals surface area contributed by atoms with Gasteiger partial charge in [-0.05, 0) is 55.2 Å². The van der Waals surface area contributed by atoms with Crippen LogP contribution in [0.15, 0.2) is 18.2 Å². The molecule has 3 heteroatoms.